The van der Waals surface area contributed by atoms with E-state index in [1.54, 1.807) is 0 Å². The van der Waals surface area contributed by atoms with E-state index >= 15 is 0 Å². The summed E-state index contributed by atoms with van der Waals surface area (Å²) in [6.07, 6.45) is 0. The van der Waals surface area contributed by atoms with Crippen molar-refractivity contribution in [3.8, 4) is 0 Å². The Morgan fingerprint density at radius 3 is 1.33 bits per heavy atom. The summed E-state index contributed by atoms with van der Waals surface area (Å²) in [5.41, 5.74) is -0.0355. The second kappa shape index (κ2) is 13.7. The van der Waals surface area contributed by atoms with Crippen LogP contribution in [-0.2, 0) is 9.47 Å². The van der Waals surface area contributed by atoms with E-state index in [0.717, 1.165) is 48.0 Å². The third-order valence-corrected chi connectivity index (χ3v) is 10.7. The van der Waals surface area contributed by atoms with Crippen molar-refractivity contribution in [1.29, 1.82) is 0 Å². The first-order valence-corrected chi connectivity index (χ1v) is 14.7. The monoisotopic (exact) mass is 532 g/mol. The maximum atomic E-state index is 5.72. The van der Waals surface area contributed by atoms with Crippen LogP contribution in [0.5, 0.6) is 0 Å². The number of nitrogens with zero attached hydrogens (tertiary/aromatic N) is 4. The van der Waals surface area contributed by atoms with Gasteiger partial charge in [0, 0.05) is 76.3 Å². The van der Waals surface area contributed by atoms with Crippen LogP contribution in [0.1, 0.15) is 27.7 Å². The van der Waals surface area contributed by atoms with Crippen molar-refractivity contribution < 1.29 is 9.47 Å². The van der Waals surface area contributed by atoms with E-state index in [-0.39, 0.29) is 11.2 Å². The number of hydrogen-bond donors (Lipinski definition) is 0. The van der Waals surface area contributed by atoms with Crippen LogP contribution >= 0.6 is 68.0 Å². The van der Waals surface area contributed by atoms with Crippen LogP contribution in [0.4, 0.5) is 0 Å². The van der Waals surface area contributed by atoms with Crippen LogP contribution in [0.3, 0.4) is 0 Å². The molecule has 0 saturated carbocycles. The quantitative estimate of drug-likeness (QED) is 0.292. The first-order chi connectivity index (χ1) is 13.8. The summed E-state index contributed by atoms with van der Waals surface area (Å²) in [4.78, 5) is 3.79. The molecule has 0 aromatic rings. The zero-order chi connectivity index (χ0) is 22.9. The third kappa shape index (κ3) is 12.3. The minimum Gasteiger partial charge on any atom is -0.373 e. The standard InChI is InChI=1S/C12H24N2O2S2.C6H12N2S4/c1-11(2)9-13(5-7-15-11)17-18-14-6-8-16-12(3,4)10-14;1-7(2)5(9)11-12-6(10)8(3)4/h5-10H2,1-4H3;1-4H3. The molecule has 0 amide bonds. The number of thiocarbonyl (C=S) groups is 2. The first-order valence-electron chi connectivity index (χ1n) is 9.71. The molecule has 0 atom stereocenters. The van der Waals surface area contributed by atoms with Crippen LogP contribution in [0, 0.1) is 0 Å². The lowest BCUT2D eigenvalue weighted by Crippen LogP contribution is -2.46. The van der Waals surface area contributed by atoms with Gasteiger partial charge in [0.05, 0.1) is 24.4 Å². The van der Waals surface area contributed by atoms with Crippen LogP contribution in [0.2, 0.25) is 0 Å². The zero-order valence-electron chi connectivity index (χ0n) is 19.3. The number of hydrogen-bond acceptors (Lipinski definition) is 10. The van der Waals surface area contributed by atoms with Gasteiger partial charge in [-0.05, 0) is 49.3 Å². The molecule has 2 rings (SSSR count). The van der Waals surface area contributed by atoms with Crippen LogP contribution < -0.4 is 0 Å². The molecule has 0 bridgehead atoms. The Balaban J connectivity index is 0.000000329. The van der Waals surface area contributed by atoms with E-state index in [2.05, 4.69) is 36.3 Å². The summed E-state index contributed by atoms with van der Waals surface area (Å²) in [6, 6.07) is 0. The summed E-state index contributed by atoms with van der Waals surface area (Å²) in [5.74, 6) is 0. The topological polar surface area (TPSA) is 31.4 Å². The Morgan fingerprint density at radius 2 is 1.07 bits per heavy atom. The summed E-state index contributed by atoms with van der Waals surface area (Å²) in [6.45, 7) is 14.3. The van der Waals surface area contributed by atoms with Gasteiger partial charge in [-0.2, -0.15) is 0 Å². The molecule has 176 valence electrons. The fraction of sp³-hybridized carbons (Fsp3) is 0.889. The van der Waals surface area contributed by atoms with E-state index in [1.165, 1.54) is 21.6 Å². The van der Waals surface area contributed by atoms with Gasteiger partial charge in [0.25, 0.3) is 0 Å². The molecule has 6 nitrogen and oxygen atoms in total. The van der Waals surface area contributed by atoms with Crippen molar-refractivity contribution in [3.63, 3.8) is 0 Å². The molecule has 0 aliphatic carbocycles. The van der Waals surface area contributed by atoms with Crippen molar-refractivity contribution >= 4 is 76.6 Å². The highest BCUT2D eigenvalue weighted by Gasteiger charge is 2.31. The van der Waals surface area contributed by atoms with E-state index in [9.17, 15) is 0 Å². The molecule has 2 aliphatic rings. The Morgan fingerprint density at radius 1 is 0.733 bits per heavy atom. The number of morpholine rings is 2. The van der Waals surface area contributed by atoms with Gasteiger partial charge in [-0.15, -0.1) is 0 Å². The van der Waals surface area contributed by atoms with Gasteiger partial charge in [0.15, 0.2) is 0 Å². The minimum atomic E-state index is -0.0178. The van der Waals surface area contributed by atoms with Crippen LogP contribution in [-0.4, -0.2) is 106 Å². The maximum Gasteiger partial charge on any atom is 0.146 e. The molecule has 0 unspecified atom stereocenters. The van der Waals surface area contributed by atoms with E-state index < -0.39 is 0 Å². The van der Waals surface area contributed by atoms with Crippen molar-refractivity contribution in [2.24, 2.45) is 0 Å². The van der Waals surface area contributed by atoms with Crippen molar-refractivity contribution in [1.82, 2.24) is 18.4 Å². The predicted octanol–water partition coefficient (Wildman–Crippen LogP) is 4.48. The van der Waals surface area contributed by atoms with Gasteiger partial charge in [0.2, 0.25) is 0 Å². The lowest BCUT2D eigenvalue weighted by atomic mass is 10.1. The van der Waals surface area contributed by atoms with Gasteiger partial charge >= 0.3 is 0 Å². The molecule has 2 aliphatic heterocycles. The Labute approximate surface area is 209 Å². The number of ether oxygens (including phenoxy) is 2. The van der Waals surface area contributed by atoms with Gasteiger partial charge in [0.1, 0.15) is 8.64 Å². The van der Waals surface area contributed by atoms with E-state index in [1.807, 2.05) is 60.0 Å². The van der Waals surface area contributed by atoms with Crippen molar-refractivity contribution in [3.05, 3.63) is 0 Å². The van der Waals surface area contributed by atoms with E-state index in [0.29, 0.717) is 0 Å². The molecule has 2 heterocycles. The van der Waals surface area contributed by atoms with Gasteiger partial charge in [-0.3, -0.25) is 0 Å². The molecule has 2 saturated heterocycles. The smallest absolute Gasteiger partial charge is 0.146 e. The largest absolute Gasteiger partial charge is 0.373 e. The Kier molecular flexibility index (Phi) is 13.2. The fourth-order valence-corrected chi connectivity index (χ4v) is 7.31. The van der Waals surface area contributed by atoms with Gasteiger partial charge in [-0.25, -0.2) is 8.61 Å². The summed E-state index contributed by atoms with van der Waals surface area (Å²) >= 11 is 10.1. The summed E-state index contributed by atoms with van der Waals surface area (Å²) in [5, 5.41) is 0. The van der Waals surface area contributed by atoms with Crippen LogP contribution in [0.25, 0.3) is 0 Å². The molecule has 0 aromatic heterocycles. The average Bonchev–Trinajstić information content (AvgIpc) is 2.63. The second-order valence-corrected chi connectivity index (χ2v) is 14.2. The summed E-state index contributed by atoms with van der Waals surface area (Å²) < 4.78 is 17.9. The lowest BCUT2D eigenvalue weighted by Gasteiger charge is -2.40. The highest BCUT2D eigenvalue weighted by atomic mass is 33.1. The van der Waals surface area contributed by atoms with Crippen molar-refractivity contribution in [2.45, 2.75) is 38.9 Å². The number of rotatable bonds is 3. The molecule has 0 spiro atoms. The predicted molar refractivity (Wildman–Crippen MR) is 146 cm³/mol. The Bertz CT molecular complexity index is 515. The molecule has 2 fully saturated rings. The van der Waals surface area contributed by atoms with Gasteiger partial charge < -0.3 is 19.3 Å². The van der Waals surface area contributed by atoms with Crippen LogP contribution in [0.15, 0.2) is 0 Å². The second-order valence-electron chi connectivity index (χ2n) is 8.58. The molecule has 0 N–H and O–H groups in total. The Hall–Kier alpha value is 1.02. The third-order valence-electron chi connectivity index (χ3n) is 3.94. The lowest BCUT2D eigenvalue weighted by molar-refractivity contribution is -0.0626. The summed E-state index contributed by atoms with van der Waals surface area (Å²) in [7, 11) is 14.4. The highest BCUT2D eigenvalue weighted by molar-refractivity contribution is 8.89. The average molecular weight is 533 g/mol. The molecule has 12 heteroatoms. The van der Waals surface area contributed by atoms with Crippen molar-refractivity contribution in [2.75, 3.05) is 67.6 Å². The first kappa shape index (κ1) is 29.1. The zero-order valence-corrected chi connectivity index (χ0v) is 24.2. The SMILES string of the molecule is CC1(C)CN(SSN2CCOC(C)(C)C2)CCO1.CN(C)C(=S)SSC(=S)N(C)C. The molecule has 30 heavy (non-hydrogen) atoms. The molecule has 0 aromatic carbocycles. The minimum absolute atomic E-state index is 0.0178. The highest BCUT2D eigenvalue weighted by Crippen LogP contribution is 2.35. The molecular formula is C18H36N4O2S6. The normalized spacial score (nSPS) is 21.3. The molecule has 0 radical (unpaired) electrons. The van der Waals surface area contributed by atoms with E-state index in [4.69, 9.17) is 33.9 Å². The van der Waals surface area contributed by atoms with Gasteiger partial charge in [-0.1, -0.05) is 24.4 Å². The fourth-order valence-electron chi connectivity index (χ4n) is 2.39. The maximum absolute atomic E-state index is 5.72. The molecular weight excluding hydrogens is 497 g/mol.